The third kappa shape index (κ3) is 1.88. The van der Waals surface area contributed by atoms with Gasteiger partial charge in [0.15, 0.2) is 0 Å². The van der Waals surface area contributed by atoms with Crippen molar-refractivity contribution in [2.75, 3.05) is 6.61 Å². The molecular formula is C11H12NO. The van der Waals surface area contributed by atoms with Crippen LogP contribution in [-0.4, -0.2) is 11.7 Å². The van der Waals surface area contributed by atoms with E-state index in [0.717, 1.165) is 11.1 Å². The Kier molecular flexibility index (Phi) is 3.05. The molecule has 1 N–H and O–H groups in total. The number of aliphatic hydroxyl groups is 1. The van der Waals surface area contributed by atoms with Gasteiger partial charge in [-0.1, -0.05) is 12.1 Å². The van der Waals surface area contributed by atoms with Crippen LogP contribution in [0.2, 0.25) is 0 Å². The topological polar surface area (TPSA) is 44.0 Å². The summed E-state index contributed by atoms with van der Waals surface area (Å²) in [6.45, 7) is 5.69. The maximum atomic E-state index is 8.93. The molecule has 0 aliphatic heterocycles. The van der Waals surface area contributed by atoms with E-state index in [1.807, 2.05) is 19.1 Å². The van der Waals surface area contributed by atoms with Crippen molar-refractivity contribution in [1.29, 1.82) is 5.26 Å². The molecule has 0 aliphatic rings. The fourth-order valence-corrected chi connectivity index (χ4v) is 1.32. The van der Waals surface area contributed by atoms with Crippen molar-refractivity contribution in [2.45, 2.75) is 12.8 Å². The number of hydrogen-bond donors (Lipinski definition) is 1. The van der Waals surface area contributed by atoms with Crippen LogP contribution in [-0.2, 0) is 0 Å². The molecule has 0 heterocycles. The Balaban J connectivity index is 3.17. The molecule has 0 amide bonds. The SMILES string of the molecule is [CH2]C(CO)c1cccc(C#N)c1C. The summed E-state index contributed by atoms with van der Waals surface area (Å²) >= 11 is 0. The summed E-state index contributed by atoms with van der Waals surface area (Å²) in [4.78, 5) is 0. The lowest BCUT2D eigenvalue weighted by Crippen LogP contribution is -2.02. The van der Waals surface area contributed by atoms with Crippen molar-refractivity contribution in [1.82, 2.24) is 0 Å². The van der Waals surface area contributed by atoms with Gasteiger partial charge in [-0.2, -0.15) is 5.26 Å². The maximum absolute atomic E-state index is 8.93. The molecule has 1 aromatic carbocycles. The standard InChI is InChI=1S/C11H12NO/c1-8(7-13)11-5-3-4-10(6-12)9(11)2/h3-5,8,13H,1,7H2,2H3. The maximum Gasteiger partial charge on any atom is 0.0994 e. The number of aliphatic hydroxyl groups excluding tert-OH is 1. The fraction of sp³-hybridized carbons (Fsp3) is 0.273. The van der Waals surface area contributed by atoms with Gasteiger partial charge in [-0.15, -0.1) is 0 Å². The largest absolute Gasteiger partial charge is 0.396 e. The minimum atomic E-state index is -0.145. The highest BCUT2D eigenvalue weighted by atomic mass is 16.3. The van der Waals surface area contributed by atoms with Gasteiger partial charge in [0.05, 0.1) is 11.6 Å². The van der Waals surface area contributed by atoms with E-state index in [4.69, 9.17) is 10.4 Å². The highest BCUT2D eigenvalue weighted by molar-refractivity contribution is 5.43. The molecule has 0 aromatic heterocycles. The average Bonchev–Trinajstić information content (AvgIpc) is 2.17. The number of rotatable bonds is 2. The molecule has 1 aromatic rings. The summed E-state index contributed by atoms with van der Waals surface area (Å²) in [5.74, 6) is -0.145. The molecule has 2 heteroatoms. The Labute approximate surface area is 78.4 Å². The van der Waals surface area contributed by atoms with Crippen LogP contribution in [0.25, 0.3) is 0 Å². The highest BCUT2D eigenvalue weighted by Crippen LogP contribution is 2.20. The van der Waals surface area contributed by atoms with E-state index in [0.29, 0.717) is 5.56 Å². The van der Waals surface area contributed by atoms with Crippen molar-refractivity contribution >= 4 is 0 Å². The second kappa shape index (κ2) is 4.06. The fourth-order valence-electron chi connectivity index (χ4n) is 1.32. The van der Waals surface area contributed by atoms with Gasteiger partial charge in [0.25, 0.3) is 0 Å². The molecule has 1 unspecified atom stereocenters. The van der Waals surface area contributed by atoms with Crippen LogP contribution in [0.1, 0.15) is 22.6 Å². The average molecular weight is 174 g/mol. The molecular weight excluding hydrogens is 162 g/mol. The van der Waals surface area contributed by atoms with Crippen LogP contribution in [0.5, 0.6) is 0 Å². The van der Waals surface area contributed by atoms with E-state index in [9.17, 15) is 0 Å². The zero-order valence-electron chi connectivity index (χ0n) is 7.62. The Hall–Kier alpha value is -1.33. The summed E-state index contributed by atoms with van der Waals surface area (Å²) in [6, 6.07) is 7.58. The first kappa shape index (κ1) is 9.76. The summed E-state index contributed by atoms with van der Waals surface area (Å²) in [6.07, 6.45) is 0. The lowest BCUT2D eigenvalue weighted by Gasteiger charge is -2.12. The minimum Gasteiger partial charge on any atom is -0.396 e. The number of nitriles is 1. The lowest BCUT2D eigenvalue weighted by atomic mass is 9.94. The first-order valence-corrected chi connectivity index (χ1v) is 4.14. The van der Waals surface area contributed by atoms with Gasteiger partial charge in [0.1, 0.15) is 0 Å². The molecule has 0 fully saturated rings. The first-order valence-electron chi connectivity index (χ1n) is 4.14. The Morgan fingerprint density at radius 1 is 1.62 bits per heavy atom. The second-order valence-corrected chi connectivity index (χ2v) is 3.01. The summed E-state index contributed by atoms with van der Waals surface area (Å²) in [5.41, 5.74) is 2.51. The number of hydrogen-bond acceptors (Lipinski definition) is 2. The van der Waals surface area contributed by atoms with Crippen LogP contribution in [0.3, 0.4) is 0 Å². The third-order valence-electron chi connectivity index (χ3n) is 2.16. The van der Waals surface area contributed by atoms with E-state index in [1.54, 1.807) is 6.07 Å². The molecule has 2 nitrogen and oxygen atoms in total. The van der Waals surface area contributed by atoms with E-state index in [2.05, 4.69) is 13.0 Å². The molecule has 1 atom stereocenters. The second-order valence-electron chi connectivity index (χ2n) is 3.01. The molecule has 0 spiro atoms. The molecule has 1 radical (unpaired) electrons. The van der Waals surface area contributed by atoms with Crippen molar-refractivity contribution in [3.05, 3.63) is 41.8 Å². The minimum absolute atomic E-state index is 0.00964. The van der Waals surface area contributed by atoms with Crippen LogP contribution in [0.4, 0.5) is 0 Å². The molecule has 1 rings (SSSR count). The number of nitrogens with zero attached hydrogens (tertiary/aromatic N) is 1. The Bertz CT molecular complexity index is 338. The monoisotopic (exact) mass is 174 g/mol. The Morgan fingerprint density at radius 3 is 2.85 bits per heavy atom. The normalized spacial score (nSPS) is 12.2. The lowest BCUT2D eigenvalue weighted by molar-refractivity contribution is 0.282. The van der Waals surface area contributed by atoms with Crippen molar-refractivity contribution in [2.24, 2.45) is 0 Å². The predicted molar refractivity (Wildman–Crippen MR) is 51.1 cm³/mol. The van der Waals surface area contributed by atoms with Crippen molar-refractivity contribution in [3.63, 3.8) is 0 Å². The third-order valence-corrected chi connectivity index (χ3v) is 2.16. The molecule has 0 aliphatic carbocycles. The van der Waals surface area contributed by atoms with Crippen molar-refractivity contribution in [3.8, 4) is 6.07 Å². The quantitative estimate of drug-likeness (QED) is 0.742. The van der Waals surface area contributed by atoms with E-state index < -0.39 is 0 Å². The summed E-state index contributed by atoms with van der Waals surface area (Å²) in [7, 11) is 0. The van der Waals surface area contributed by atoms with Gasteiger partial charge in [0.2, 0.25) is 0 Å². The first-order chi connectivity index (χ1) is 6.20. The molecule has 0 bridgehead atoms. The van der Waals surface area contributed by atoms with Gasteiger partial charge in [-0.25, -0.2) is 0 Å². The smallest absolute Gasteiger partial charge is 0.0994 e. The zero-order valence-corrected chi connectivity index (χ0v) is 7.62. The van der Waals surface area contributed by atoms with E-state index in [1.165, 1.54) is 0 Å². The molecule has 13 heavy (non-hydrogen) atoms. The highest BCUT2D eigenvalue weighted by Gasteiger charge is 2.09. The van der Waals surface area contributed by atoms with E-state index >= 15 is 0 Å². The molecule has 0 saturated heterocycles. The van der Waals surface area contributed by atoms with Crippen LogP contribution < -0.4 is 0 Å². The van der Waals surface area contributed by atoms with Crippen LogP contribution in [0.15, 0.2) is 18.2 Å². The van der Waals surface area contributed by atoms with E-state index in [-0.39, 0.29) is 12.5 Å². The summed E-state index contributed by atoms with van der Waals surface area (Å²) < 4.78 is 0. The van der Waals surface area contributed by atoms with Crippen LogP contribution >= 0.6 is 0 Å². The van der Waals surface area contributed by atoms with Gasteiger partial charge < -0.3 is 5.11 Å². The summed E-state index contributed by atoms with van der Waals surface area (Å²) in [5, 5.41) is 17.7. The number of benzene rings is 1. The predicted octanol–water partition coefficient (Wildman–Crippen LogP) is 1.78. The van der Waals surface area contributed by atoms with Gasteiger partial charge >= 0.3 is 0 Å². The molecule has 67 valence electrons. The van der Waals surface area contributed by atoms with Crippen LogP contribution in [0, 0.1) is 25.2 Å². The van der Waals surface area contributed by atoms with Crippen molar-refractivity contribution < 1.29 is 5.11 Å². The zero-order chi connectivity index (χ0) is 9.84. The van der Waals surface area contributed by atoms with Gasteiger partial charge in [0, 0.05) is 12.5 Å². The Morgan fingerprint density at radius 2 is 2.31 bits per heavy atom. The van der Waals surface area contributed by atoms with Gasteiger partial charge in [-0.3, -0.25) is 0 Å². The van der Waals surface area contributed by atoms with Gasteiger partial charge in [-0.05, 0) is 31.0 Å². The molecule has 0 saturated carbocycles.